The molecule has 1 aromatic carbocycles. The monoisotopic (exact) mass is 312 g/mol. The minimum Gasteiger partial charge on any atom is -0.289 e. The molecule has 0 radical (unpaired) electrons. The maximum Gasteiger partial charge on any atom is 0.195 e. The Kier molecular flexibility index (Phi) is 3.45. The lowest BCUT2D eigenvalue weighted by molar-refractivity contribution is 0.103. The Balaban J connectivity index is 2.47. The van der Waals surface area contributed by atoms with Crippen LogP contribution in [0, 0.1) is 19.7 Å². The molecule has 17 heavy (non-hydrogen) atoms. The largest absolute Gasteiger partial charge is 0.289 e. The smallest absolute Gasteiger partial charge is 0.195 e. The number of aryl methyl sites for hydroxylation is 2. The van der Waals surface area contributed by atoms with Crippen LogP contribution in [0.15, 0.2) is 28.7 Å². The molecule has 4 heteroatoms. The van der Waals surface area contributed by atoms with Crippen molar-refractivity contribution in [2.75, 3.05) is 0 Å². The Morgan fingerprint density at radius 2 is 1.76 bits per heavy atom. The normalized spacial score (nSPS) is 10.6. The summed E-state index contributed by atoms with van der Waals surface area (Å²) in [6.45, 7) is 3.88. The van der Waals surface area contributed by atoms with Gasteiger partial charge in [0.05, 0.1) is 5.56 Å². The first-order valence-electron chi connectivity index (χ1n) is 5.06. The van der Waals surface area contributed by atoms with Crippen LogP contribution in [-0.2, 0) is 0 Å². The fraction of sp³-hybridized carbons (Fsp3) is 0.154. The van der Waals surface area contributed by atoms with Crippen LogP contribution >= 0.6 is 27.3 Å². The predicted molar refractivity (Wildman–Crippen MR) is 71.3 cm³/mol. The number of hydrogen-bond acceptors (Lipinski definition) is 2. The molecule has 2 aromatic rings. The second-order valence-corrected chi connectivity index (χ2v) is 5.96. The Morgan fingerprint density at radius 1 is 1.18 bits per heavy atom. The highest BCUT2D eigenvalue weighted by Gasteiger charge is 2.19. The average molecular weight is 313 g/mol. The quantitative estimate of drug-likeness (QED) is 0.746. The lowest BCUT2D eigenvalue weighted by Gasteiger charge is -2.01. The van der Waals surface area contributed by atoms with Crippen LogP contribution in [0.1, 0.15) is 25.7 Å². The van der Waals surface area contributed by atoms with Crippen molar-refractivity contribution < 1.29 is 9.18 Å². The summed E-state index contributed by atoms with van der Waals surface area (Å²) in [5.74, 6) is -0.405. The van der Waals surface area contributed by atoms with Crippen LogP contribution in [0.3, 0.4) is 0 Å². The summed E-state index contributed by atoms with van der Waals surface area (Å²) < 4.78 is 13.6. The van der Waals surface area contributed by atoms with E-state index in [2.05, 4.69) is 15.9 Å². The zero-order valence-electron chi connectivity index (χ0n) is 9.38. The van der Waals surface area contributed by atoms with Crippen LogP contribution < -0.4 is 0 Å². The Bertz CT molecular complexity index is 572. The van der Waals surface area contributed by atoms with E-state index >= 15 is 0 Å². The Hall–Kier alpha value is -1.00. The number of rotatable bonds is 2. The molecule has 88 valence electrons. The summed E-state index contributed by atoms with van der Waals surface area (Å²) in [5, 5.41) is 0. The number of ketones is 1. The van der Waals surface area contributed by atoms with Crippen molar-refractivity contribution in [3.8, 4) is 0 Å². The van der Waals surface area contributed by atoms with Gasteiger partial charge in [-0.05, 0) is 54.0 Å². The molecular formula is C13H10BrFOS. The van der Waals surface area contributed by atoms with Crippen LogP contribution in [0.2, 0.25) is 0 Å². The van der Waals surface area contributed by atoms with Gasteiger partial charge in [-0.15, -0.1) is 11.3 Å². The van der Waals surface area contributed by atoms with E-state index in [0.717, 1.165) is 14.2 Å². The van der Waals surface area contributed by atoms with Crippen LogP contribution in [0.4, 0.5) is 4.39 Å². The van der Waals surface area contributed by atoms with Crippen molar-refractivity contribution >= 4 is 33.0 Å². The first-order chi connectivity index (χ1) is 8.00. The zero-order chi connectivity index (χ0) is 12.6. The summed E-state index contributed by atoms with van der Waals surface area (Å²) in [6.07, 6.45) is 0. The van der Waals surface area contributed by atoms with Crippen molar-refractivity contribution in [2.24, 2.45) is 0 Å². The molecule has 0 aliphatic rings. The van der Waals surface area contributed by atoms with Gasteiger partial charge in [-0.1, -0.05) is 0 Å². The van der Waals surface area contributed by atoms with E-state index in [4.69, 9.17) is 0 Å². The lowest BCUT2D eigenvalue weighted by Crippen LogP contribution is -2.02. The molecule has 1 nitrogen and oxygen atoms in total. The molecule has 0 spiro atoms. The van der Waals surface area contributed by atoms with E-state index in [1.165, 1.54) is 24.3 Å². The number of thiophene rings is 1. The highest BCUT2D eigenvalue weighted by atomic mass is 79.9. The standard InChI is InChI=1S/C13H10BrFOS/c1-7-11(12(14)8(2)17-7)13(16)9-3-5-10(15)6-4-9/h3-6H,1-2H3. The molecule has 0 saturated heterocycles. The Labute approximate surface area is 111 Å². The minimum absolute atomic E-state index is 0.0706. The Morgan fingerprint density at radius 3 is 2.24 bits per heavy atom. The maximum absolute atomic E-state index is 12.8. The minimum atomic E-state index is -0.334. The molecular weight excluding hydrogens is 303 g/mol. The molecule has 0 fully saturated rings. The van der Waals surface area contributed by atoms with E-state index in [9.17, 15) is 9.18 Å². The van der Waals surface area contributed by atoms with Gasteiger partial charge in [0.15, 0.2) is 5.78 Å². The molecule has 0 atom stereocenters. The number of carbonyl (C=O) groups is 1. The van der Waals surface area contributed by atoms with Gasteiger partial charge in [0.2, 0.25) is 0 Å². The predicted octanol–water partition coefficient (Wildman–Crippen LogP) is 4.50. The van der Waals surface area contributed by atoms with Gasteiger partial charge in [-0.2, -0.15) is 0 Å². The second kappa shape index (κ2) is 4.70. The fourth-order valence-corrected chi connectivity index (χ4v) is 3.46. The van der Waals surface area contributed by atoms with Gasteiger partial charge in [0.25, 0.3) is 0 Å². The van der Waals surface area contributed by atoms with Gasteiger partial charge in [0, 0.05) is 19.8 Å². The van der Waals surface area contributed by atoms with Gasteiger partial charge in [-0.25, -0.2) is 4.39 Å². The van der Waals surface area contributed by atoms with Crippen molar-refractivity contribution in [1.82, 2.24) is 0 Å². The van der Waals surface area contributed by atoms with Crippen molar-refractivity contribution in [2.45, 2.75) is 13.8 Å². The molecule has 0 aliphatic carbocycles. The summed E-state index contributed by atoms with van der Waals surface area (Å²) in [7, 11) is 0. The highest BCUT2D eigenvalue weighted by Crippen LogP contribution is 2.33. The van der Waals surface area contributed by atoms with Crippen LogP contribution in [0.25, 0.3) is 0 Å². The zero-order valence-corrected chi connectivity index (χ0v) is 11.8. The van der Waals surface area contributed by atoms with E-state index in [-0.39, 0.29) is 11.6 Å². The third-order valence-electron chi connectivity index (χ3n) is 2.52. The first kappa shape index (κ1) is 12.5. The number of benzene rings is 1. The molecule has 0 aliphatic heterocycles. The van der Waals surface area contributed by atoms with Crippen molar-refractivity contribution in [3.05, 3.63) is 55.4 Å². The SMILES string of the molecule is Cc1sc(C)c(C(=O)c2ccc(F)cc2)c1Br. The molecule has 1 heterocycles. The van der Waals surface area contributed by atoms with Gasteiger partial charge < -0.3 is 0 Å². The summed E-state index contributed by atoms with van der Waals surface area (Å²) in [5.41, 5.74) is 1.19. The molecule has 1 aromatic heterocycles. The molecule has 0 bridgehead atoms. The summed E-state index contributed by atoms with van der Waals surface area (Å²) in [6, 6.07) is 5.62. The van der Waals surface area contributed by atoms with E-state index in [1.54, 1.807) is 11.3 Å². The molecule has 0 saturated carbocycles. The summed E-state index contributed by atoms with van der Waals surface area (Å²) in [4.78, 5) is 14.3. The van der Waals surface area contributed by atoms with Crippen LogP contribution in [0.5, 0.6) is 0 Å². The average Bonchev–Trinajstić information content (AvgIpc) is 2.53. The maximum atomic E-state index is 12.8. The van der Waals surface area contributed by atoms with Gasteiger partial charge in [-0.3, -0.25) is 4.79 Å². The molecule has 2 rings (SSSR count). The van der Waals surface area contributed by atoms with E-state index < -0.39 is 0 Å². The van der Waals surface area contributed by atoms with Crippen molar-refractivity contribution in [1.29, 1.82) is 0 Å². The third-order valence-corrected chi connectivity index (χ3v) is 4.79. The number of halogens is 2. The molecule has 0 N–H and O–H groups in total. The van der Waals surface area contributed by atoms with E-state index in [0.29, 0.717) is 11.1 Å². The molecule has 0 unspecified atom stereocenters. The third kappa shape index (κ3) is 2.33. The second-order valence-electron chi connectivity index (χ2n) is 3.74. The highest BCUT2D eigenvalue weighted by molar-refractivity contribution is 9.10. The van der Waals surface area contributed by atoms with Gasteiger partial charge >= 0.3 is 0 Å². The van der Waals surface area contributed by atoms with Crippen LogP contribution in [-0.4, -0.2) is 5.78 Å². The first-order valence-corrected chi connectivity index (χ1v) is 6.67. The van der Waals surface area contributed by atoms with Gasteiger partial charge in [0.1, 0.15) is 5.82 Å². The lowest BCUT2D eigenvalue weighted by atomic mass is 10.0. The number of hydrogen-bond donors (Lipinski definition) is 0. The van der Waals surface area contributed by atoms with E-state index in [1.807, 2.05) is 13.8 Å². The fourth-order valence-electron chi connectivity index (χ4n) is 1.66. The van der Waals surface area contributed by atoms with Crippen molar-refractivity contribution in [3.63, 3.8) is 0 Å². The number of carbonyl (C=O) groups excluding carboxylic acids is 1. The topological polar surface area (TPSA) is 17.1 Å². The molecule has 0 amide bonds. The summed E-state index contributed by atoms with van der Waals surface area (Å²) >= 11 is 5.01.